The van der Waals surface area contributed by atoms with Crippen molar-refractivity contribution in [1.29, 1.82) is 0 Å². The fraction of sp³-hybridized carbons (Fsp3) is 0.500. The van der Waals surface area contributed by atoms with E-state index in [1.54, 1.807) is 7.11 Å². The van der Waals surface area contributed by atoms with E-state index in [0.29, 0.717) is 30.6 Å². The maximum Gasteiger partial charge on any atom is 0.211 e. The number of carbonyl (C=O) groups is 1. The second-order valence-corrected chi connectivity index (χ2v) is 18.5. The van der Waals surface area contributed by atoms with Crippen LogP contribution in [0.1, 0.15) is 74.7 Å². The molecule has 8 atom stereocenters. The Morgan fingerprint density at radius 2 is 1.58 bits per heavy atom. The number of methoxy groups -OCH3 is 1. The molecule has 0 amide bonds. The van der Waals surface area contributed by atoms with Gasteiger partial charge in [0.05, 0.1) is 25.1 Å². The van der Waals surface area contributed by atoms with Crippen LogP contribution in [0.4, 0.5) is 0 Å². The zero-order valence-electron chi connectivity index (χ0n) is 29.6. The maximum absolute atomic E-state index is 14.8. The van der Waals surface area contributed by atoms with Crippen LogP contribution in [-0.4, -0.2) is 60.3 Å². The van der Waals surface area contributed by atoms with Gasteiger partial charge in [0.1, 0.15) is 5.75 Å². The number of nitrogens with zero attached hydrogens (tertiary/aromatic N) is 1. The van der Waals surface area contributed by atoms with Crippen LogP contribution in [0.3, 0.4) is 0 Å². The summed E-state index contributed by atoms with van der Waals surface area (Å²) in [6.45, 7) is 4.68. The molecule has 3 fully saturated rings. The first-order valence-electron chi connectivity index (χ1n) is 18.1. The van der Waals surface area contributed by atoms with Gasteiger partial charge in [0, 0.05) is 40.5 Å². The number of allylic oxidation sites excluding steroid dienone is 4. The van der Waals surface area contributed by atoms with Crippen LogP contribution in [0.25, 0.3) is 10.8 Å². The molecule has 0 saturated heterocycles. The highest BCUT2D eigenvalue weighted by molar-refractivity contribution is 7.88. The van der Waals surface area contributed by atoms with Gasteiger partial charge in [0.25, 0.3) is 0 Å². The van der Waals surface area contributed by atoms with Gasteiger partial charge >= 0.3 is 0 Å². The normalized spacial score (nSPS) is 37.3. The highest BCUT2D eigenvalue weighted by atomic mass is 32.2. The molecular weight excluding hydrogens is 647 g/mol. The lowest BCUT2D eigenvalue weighted by Crippen LogP contribution is -2.67. The fourth-order valence-corrected chi connectivity index (χ4v) is 12.5. The van der Waals surface area contributed by atoms with E-state index < -0.39 is 38.0 Å². The molecule has 3 saturated carbocycles. The number of aliphatic hydroxyl groups is 2. The topological polar surface area (TPSA) is 104 Å². The number of benzene rings is 3. The zero-order valence-corrected chi connectivity index (χ0v) is 30.4. The Hall–Kier alpha value is -3.30. The largest absolute Gasteiger partial charge is 0.497 e. The molecule has 2 bridgehead atoms. The van der Waals surface area contributed by atoms with Gasteiger partial charge in [-0.15, -0.1) is 0 Å². The Labute approximate surface area is 296 Å². The SMILES string of the molecule is COc1ccc(C(=O)C2=C[C@@]34C=C[C@@]25[C@@H]2CC[C@@](O)(CN(Cc6cccc7ccccc67)S(C)(=O)=O)[C@@]2(C)CC[C@@H]5[C@@]3(C)CCC(O)C4)cc1. The van der Waals surface area contributed by atoms with E-state index in [4.69, 9.17) is 4.74 Å². The molecule has 9 rings (SSSR count). The molecule has 6 aliphatic rings. The van der Waals surface area contributed by atoms with Crippen molar-refractivity contribution in [1.82, 2.24) is 4.31 Å². The van der Waals surface area contributed by atoms with E-state index >= 15 is 0 Å². The van der Waals surface area contributed by atoms with Crippen LogP contribution in [0, 0.1) is 33.5 Å². The average molecular weight is 696 g/mol. The third-order valence-corrected chi connectivity index (χ3v) is 15.6. The monoisotopic (exact) mass is 695 g/mol. The molecule has 8 heteroatoms. The summed E-state index contributed by atoms with van der Waals surface area (Å²) >= 11 is 0. The summed E-state index contributed by atoms with van der Waals surface area (Å²) in [5, 5.41) is 26.0. The number of aliphatic hydroxyl groups excluding tert-OH is 1. The molecule has 50 heavy (non-hydrogen) atoms. The Balaban J connectivity index is 1.21. The lowest BCUT2D eigenvalue weighted by atomic mass is 9.32. The fourth-order valence-electron chi connectivity index (χ4n) is 11.7. The van der Waals surface area contributed by atoms with Crippen LogP contribution in [0.5, 0.6) is 5.75 Å². The first kappa shape index (κ1) is 33.8. The lowest BCUT2D eigenvalue weighted by Gasteiger charge is -2.71. The first-order chi connectivity index (χ1) is 23.7. The van der Waals surface area contributed by atoms with Gasteiger partial charge in [-0.3, -0.25) is 4.79 Å². The third-order valence-electron chi connectivity index (χ3n) is 14.4. The quantitative estimate of drug-likeness (QED) is 0.193. The van der Waals surface area contributed by atoms with Gasteiger partial charge < -0.3 is 14.9 Å². The highest BCUT2D eigenvalue weighted by Gasteiger charge is 2.74. The molecule has 1 unspecified atom stereocenters. The minimum absolute atomic E-state index is 0.00854. The van der Waals surface area contributed by atoms with Gasteiger partial charge in [-0.05, 0) is 103 Å². The average Bonchev–Trinajstić information content (AvgIpc) is 3.37. The molecule has 0 heterocycles. The van der Waals surface area contributed by atoms with E-state index in [-0.39, 0.29) is 36.1 Å². The number of hydrogen-bond donors (Lipinski definition) is 2. The third kappa shape index (κ3) is 4.64. The van der Waals surface area contributed by atoms with Gasteiger partial charge in [-0.1, -0.05) is 74.5 Å². The summed E-state index contributed by atoms with van der Waals surface area (Å²) < 4.78 is 33.9. The molecule has 3 aromatic carbocycles. The molecule has 264 valence electrons. The van der Waals surface area contributed by atoms with E-state index in [2.05, 4.69) is 32.1 Å². The molecule has 6 aliphatic carbocycles. The Kier molecular flexibility index (Phi) is 7.68. The standard InChI is InChI=1S/C42H49NO6S/c1-38-19-16-31(44)24-40(38)22-23-42(34(25-40)37(45)29-12-14-32(49-3)15-13-29)35(38)17-20-39(2)36(42)18-21-41(39,46)27-43(50(4,47)48)26-30-10-7-9-28-8-5-6-11-33(28)30/h5-15,22-23,25,31,35-36,44,46H,16-21,24,26-27H2,1-4H3/t31?,35-,36-,38-,39+,40+,41-,42-/m1/s1. The van der Waals surface area contributed by atoms with Crippen LogP contribution >= 0.6 is 0 Å². The smallest absolute Gasteiger partial charge is 0.211 e. The summed E-state index contributed by atoms with van der Waals surface area (Å²) in [6, 6.07) is 21.2. The molecule has 3 aromatic rings. The number of Topliss-reactive ketones (excluding diaryl/α,β-unsaturated/α-hetero) is 1. The van der Waals surface area contributed by atoms with Crippen LogP contribution in [-0.2, 0) is 16.6 Å². The Bertz CT molecular complexity index is 2030. The number of hydrogen-bond acceptors (Lipinski definition) is 6. The Morgan fingerprint density at radius 3 is 2.32 bits per heavy atom. The van der Waals surface area contributed by atoms with E-state index in [1.807, 2.05) is 66.7 Å². The van der Waals surface area contributed by atoms with E-state index in [0.717, 1.165) is 47.6 Å². The van der Waals surface area contributed by atoms with Crippen LogP contribution < -0.4 is 4.74 Å². The summed E-state index contributed by atoms with van der Waals surface area (Å²) in [5.74, 6) is 0.737. The highest BCUT2D eigenvalue weighted by Crippen LogP contribution is 2.78. The minimum Gasteiger partial charge on any atom is -0.497 e. The van der Waals surface area contributed by atoms with Gasteiger partial charge in [-0.2, -0.15) is 4.31 Å². The van der Waals surface area contributed by atoms with Crippen molar-refractivity contribution < 1.29 is 28.2 Å². The number of sulfonamides is 1. The molecule has 2 N–H and O–H groups in total. The van der Waals surface area contributed by atoms with Crippen molar-refractivity contribution in [2.24, 2.45) is 33.5 Å². The van der Waals surface area contributed by atoms with Crippen molar-refractivity contribution in [2.45, 2.75) is 77.0 Å². The molecule has 0 aliphatic heterocycles. The summed E-state index contributed by atoms with van der Waals surface area (Å²) in [5.41, 5.74) is -0.890. The number of carbonyl (C=O) groups excluding carboxylic acids is 1. The minimum atomic E-state index is -3.70. The lowest BCUT2D eigenvalue weighted by molar-refractivity contribution is -0.173. The van der Waals surface area contributed by atoms with Gasteiger partial charge in [0.15, 0.2) is 5.78 Å². The first-order valence-corrected chi connectivity index (χ1v) is 20.0. The molecule has 0 radical (unpaired) electrons. The van der Waals surface area contributed by atoms with Crippen molar-refractivity contribution in [3.05, 3.63) is 102 Å². The predicted molar refractivity (Wildman–Crippen MR) is 195 cm³/mol. The van der Waals surface area contributed by atoms with E-state index in [9.17, 15) is 23.4 Å². The summed E-state index contributed by atoms with van der Waals surface area (Å²) in [4.78, 5) is 14.8. The van der Waals surface area contributed by atoms with E-state index in [1.165, 1.54) is 10.6 Å². The van der Waals surface area contributed by atoms with Crippen molar-refractivity contribution in [2.75, 3.05) is 19.9 Å². The van der Waals surface area contributed by atoms with Crippen LogP contribution in [0.2, 0.25) is 0 Å². The summed E-state index contributed by atoms with van der Waals surface area (Å²) in [7, 11) is -2.09. The second-order valence-electron chi connectivity index (χ2n) is 16.5. The molecular formula is C42H49NO6S. The summed E-state index contributed by atoms with van der Waals surface area (Å²) in [6.07, 6.45) is 12.5. The molecule has 2 spiro atoms. The van der Waals surface area contributed by atoms with Gasteiger partial charge in [0.2, 0.25) is 10.0 Å². The molecule has 0 aromatic heterocycles. The number of rotatable bonds is 8. The maximum atomic E-state index is 14.8. The van der Waals surface area contributed by atoms with Crippen molar-refractivity contribution in [3.63, 3.8) is 0 Å². The second kappa shape index (κ2) is 11.3. The molecule has 7 nitrogen and oxygen atoms in total. The Morgan fingerprint density at radius 1 is 0.900 bits per heavy atom. The van der Waals surface area contributed by atoms with Crippen LogP contribution in [0.15, 0.2) is 90.5 Å². The number of fused-ring (bicyclic) bond motifs is 2. The van der Waals surface area contributed by atoms with Crippen molar-refractivity contribution in [3.8, 4) is 5.75 Å². The number of ether oxygens (including phenoxy) is 1. The predicted octanol–water partition coefficient (Wildman–Crippen LogP) is 7.08. The van der Waals surface area contributed by atoms with Crippen molar-refractivity contribution >= 4 is 26.6 Å². The number of ketones is 1. The van der Waals surface area contributed by atoms with Gasteiger partial charge in [-0.25, -0.2) is 8.42 Å². The zero-order chi connectivity index (χ0) is 35.3.